The summed E-state index contributed by atoms with van der Waals surface area (Å²) in [5.74, 6) is 0. The van der Waals surface area contributed by atoms with Crippen LogP contribution in [0.15, 0.2) is 17.0 Å². The summed E-state index contributed by atoms with van der Waals surface area (Å²) in [6.07, 6.45) is 0. The summed E-state index contributed by atoms with van der Waals surface area (Å²) in [6.45, 7) is 1.49. The highest BCUT2D eigenvalue weighted by Gasteiger charge is 2.27. The number of hydrogen-bond donors (Lipinski definition) is 0. The molecular weight excluding hydrogens is 284 g/mol. The fraction of sp³-hybridized carbons (Fsp3) is 0.333. The Morgan fingerprint density at radius 1 is 1.44 bits per heavy atom. The number of hydroxylamine groups is 1. The lowest BCUT2D eigenvalue weighted by molar-refractivity contribution is -0.384. The van der Waals surface area contributed by atoms with E-state index in [-0.39, 0.29) is 9.92 Å². The van der Waals surface area contributed by atoms with Crippen LogP contribution in [0.2, 0.25) is 5.02 Å². The van der Waals surface area contributed by atoms with E-state index < -0.39 is 20.6 Å². The monoisotopic (exact) mass is 294 g/mol. The minimum atomic E-state index is -3.94. The maximum Gasteiger partial charge on any atom is 0.289 e. The average Bonchev–Trinajstić information content (AvgIpc) is 2.26. The minimum Gasteiger partial charge on any atom is -0.288 e. The van der Waals surface area contributed by atoms with Gasteiger partial charge in [-0.2, -0.15) is 0 Å². The van der Waals surface area contributed by atoms with Gasteiger partial charge in [0.1, 0.15) is 5.02 Å². The third kappa shape index (κ3) is 2.61. The number of benzene rings is 1. The van der Waals surface area contributed by atoms with Crippen molar-refractivity contribution in [1.82, 2.24) is 4.47 Å². The summed E-state index contributed by atoms with van der Waals surface area (Å²) in [6, 6.07) is 2.15. The van der Waals surface area contributed by atoms with Crippen molar-refractivity contribution in [3.05, 3.63) is 32.8 Å². The molecule has 0 atom stereocenters. The van der Waals surface area contributed by atoms with Gasteiger partial charge in [0, 0.05) is 13.1 Å². The molecule has 0 radical (unpaired) electrons. The van der Waals surface area contributed by atoms with Crippen molar-refractivity contribution < 1.29 is 18.2 Å². The van der Waals surface area contributed by atoms with E-state index in [1.54, 1.807) is 0 Å². The molecule has 0 heterocycles. The van der Waals surface area contributed by atoms with Gasteiger partial charge in [-0.15, -0.1) is 0 Å². The van der Waals surface area contributed by atoms with E-state index in [1.165, 1.54) is 27.1 Å². The molecule has 0 unspecified atom stereocenters. The summed E-state index contributed by atoms with van der Waals surface area (Å²) in [4.78, 5) is 14.4. The van der Waals surface area contributed by atoms with Crippen LogP contribution in [0.25, 0.3) is 0 Å². The number of nitro groups is 1. The number of sulfonamides is 1. The summed E-state index contributed by atoms with van der Waals surface area (Å²) >= 11 is 5.68. The van der Waals surface area contributed by atoms with Crippen LogP contribution < -0.4 is 0 Å². The van der Waals surface area contributed by atoms with E-state index in [0.29, 0.717) is 10.0 Å². The Morgan fingerprint density at radius 3 is 2.44 bits per heavy atom. The average molecular weight is 295 g/mol. The molecule has 0 amide bonds. The van der Waals surface area contributed by atoms with Gasteiger partial charge >= 0.3 is 0 Å². The van der Waals surface area contributed by atoms with Crippen molar-refractivity contribution in [2.45, 2.75) is 11.8 Å². The Kier molecular flexibility index (Phi) is 4.28. The number of halogens is 1. The van der Waals surface area contributed by atoms with E-state index >= 15 is 0 Å². The molecule has 0 spiro atoms. The number of aryl methyl sites for hydroxylation is 1. The summed E-state index contributed by atoms with van der Waals surface area (Å²) in [7, 11) is -1.58. The van der Waals surface area contributed by atoms with Crippen LogP contribution in [-0.2, 0) is 14.9 Å². The molecule has 0 aliphatic rings. The molecule has 0 fully saturated rings. The third-order valence-corrected chi connectivity index (χ3v) is 4.44. The second-order valence-corrected chi connectivity index (χ2v) is 5.73. The van der Waals surface area contributed by atoms with E-state index in [0.717, 1.165) is 6.07 Å². The van der Waals surface area contributed by atoms with Crippen LogP contribution in [0.5, 0.6) is 0 Å². The van der Waals surface area contributed by atoms with Gasteiger partial charge in [-0.25, -0.2) is 8.42 Å². The van der Waals surface area contributed by atoms with Gasteiger partial charge in [-0.05, 0) is 18.6 Å². The second-order valence-electron chi connectivity index (χ2n) is 3.42. The molecule has 0 saturated heterocycles. The van der Waals surface area contributed by atoms with E-state index in [9.17, 15) is 18.5 Å². The predicted octanol–water partition coefficient (Wildman–Crippen LogP) is 1.74. The molecule has 0 aliphatic heterocycles. The molecule has 0 saturated carbocycles. The van der Waals surface area contributed by atoms with E-state index in [1.807, 2.05) is 0 Å². The largest absolute Gasteiger partial charge is 0.289 e. The van der Waals surface area contributed by atoms with Crippen molar-refractivity contribution in [2.75, 3.05) is 14.2 Å². The first kappa shape index (κ1) is 14.8. The molecule has 1 aromatic carbocycles. The topological polar surface area (TPSA) is 89.8 Å². The molecule has 7 nitrogen and oxygen atoms in total. The lowest BCUT2D eigenvalue weighted by atomic mass is 10.2. The predicted molar refractivity (Wildman–Crippen MR) is 64.8 cm³/mol. The lowest BCUT2D eigenvalue weighted by Gasteiger charge is -2.15. The van der Waals surface area contributed by atoms with Gasteiger partial charge in [-0.1, -0.05) is 16.1 Å². The smallest absolute Gasteiger partial charge is 0.288 e. The SMILES string of the molecule is CON(C)S(=O)(=O)c1cc([N+](=O)[O-])c(Cl)cc1C. The molecule has 0 N–H and O–H groups in total. The highest BCUT2D eigenvalue weighted by molar-refractivity contribution is 7.89. The van der Waals surface area contributed by atoms with Crippen LogP contribution in [0.1, 0.15) is 5.56 Å². The summed E-state index contributed by atoms with van der Waals surface area (Å²) < 4.78 is 24.6. The molecule has 0 bridgehead atoms. The molecule has 1 aromatic rings. The van der Waals surface area contributed by atoms with Gasteiger partial charge in [0.05, 0.1) is 16.9 Å². The van der Waals surface area contributed by atoms with Crippen LogP contribution >= 0.6 is 11.6 Å². The van der Waals surface area contributed by atoms with Crippen molar-refractivity contribution in [3.8, 4) is 0 Å². The van der Waals surface area contributed by atoms with Gasteiger partial charge in [-0.3, -0.25) is 15.0 Å². The number of nitrogens with zero attached hydrogens (tertiary/aromatic N) is 2. The Labute approximate surface area is 109 Å². The number of hydrogen-bond acceptors (Lipinski definition) is 5. The Bertz CT molecular complexity index is 587. The first-order chi connectivity index (χ1) is 8.21. The standard InChI is InChI=1S/C9H11ClN2O5S/c1-6-4-7(10)8(12(13)14)5-9(6)18(15,16)11(2)17-3/h4-5H,1-3H3. The zero-order chi connectivity index (χ0) is 14.1. The molecular formula is C9H11ClN2O5S. The molecule has 18 heavy (non-hydrogen) atoms. The van der Waals surface area contributed by atoms with Crippen LogP contribution in [0.4, 0.5) is 5.69 Å². The molecule has 100 valence electrons. The van der Waals surface area contributed by atoms with Crippen molar-refractivity contribution in [3.63, 3.8) is 0 Å². The third-order valence-electron chi connectivity index (χ3n) is 2.31. The fourth-order valence-corrected chi connectivity index (χ4v) is 2.78. The molecule has 9 heteroatoms. The minimum absolute atomic E-state index is 0.114. The molecule has 1 rings (SSSR count). The van der Waals surface area contributed by atoms with Gasteiger partial charge in [0.15, 0.2) is 0 Å². The molecule has 0 aliphatic carbocycles. The summed E-state index contributed by atoms with van der Waals surface area (Å²) in [5.41, 5.74) is -0.167. The zero-order valence-electron chi connectivity index (χ0n) is 9.88. The van der Waals surface area contributed by atoms with Crippen molar-refractivity contribution in [1.29, 1.82) is 0 Å². The normalized spacial score (nSPS) is 11.8. The van der Waals surface area contributed by atoms with Crippen molar-refractivity contribution in [2.24, 2.45) is 0 Å². The second kappa shape index (κ2) is 5.19. The quantitative estimate of drug-likeness (QED) is 0.623. The van der Waals surface area contributed by atoms with Crippen molar-refractivity contribution >= 4 is 27.3 Å². The number of rotatable bonds is 4. The summed E-state index contributed by atoms with van der Waals surface area (Å²) in [5, 5.41) is 10.6. The fourth-order valence-electron chi connectivity index (χ4n) is 1.30. The number of nitro benzene ring substituents is 1. The lowest BCUT2D eigenvalue weighted by Crippen LogP contribution is -2.26. The zero-order valence-corrected chi connectivity index (χ0v) is 11.4. The van der Waals surface area contributed by atoms with Gasteiger partial charge in [0.25, 0.3) is 15.7 Å². The molecule has 0 aromatic heterocycles. The Balaban J connectivity index is 3.52. The van der Waals surface area contributed by atoms with Crippen LogP contribution in [-0.4, -0.2) is 32.0 Å². The maximum absolute atomic E-state index is 12.0. The van der Waals surface area contributed by atoms with Crippen LogP contribution in [0, 0.1) is 17.0 Å². The van der Waals surface area contributed by atoms with E-state index in [2.05, 4.69) is 4.84 Å². The highest BCUT2D eigenvalue weighted by atomic mass is 35.5. The van der Waals surface area contributed by atoms with E-state index in [4.69, 9.17) is 11.6 Å². The Hall–Kier alpha value is -1.22. The highest BCUT2D eigenvalue weighted by Crippen LogP contribution is 2.31. The Morgan fingerprint density at radius 2 is 2.00 bits per heavy atom. The first-order valence-electron chi connectivity index (χ1n) is 4.69. The first-order valence-corrected chi connectivity index (χ1v) is 6.51. The van der Waals surface area contributed by atoms with Gasteiger partial charge < -0.3 is 0 Å². The maximum atomic E-state index is 12.0. The van der Waals surface area contributed by atoms with Gasteiger partial charge in [0.2, 0.25) is 0 Å². The van der Waals surface area contributed by atoms with Crippen LogP contribution in [0.3, 0.4) is 0 Å².